The van der Waals surface area contributed by atoms with Gasteiger partial charge in [-0.05, 0) is 12.1 Å². The molecule has 1 aromatic carbocycles. The van der Waals surface area contributed by atoms with Crippen LogP contribution in [0.5, 0.6) is 0 Å². The van der Waals surface area contributed by atoms with Crippen molar-refractivity contribution in [2.45, 2.75) is 26.7 Å². The largest absolute Gasteiger partial charge is 0.486 e. The third-order valence-corrected chi connectivity index (χ3v) is 3.94. The van der Waals surface area contributed by atoms with E-state index in [1.807, 2.05) is 30.3 Å². The minimum Gasteiger partial charge on any atom is -0.486 e. The van der Waals surface area contributed by atoms with E-state index in [0.717, 1.165) is 5.69 Å². The number of para-hydroxylation sites is 1. The maximum absolute atomic E-state index is 11.3. The number of rotatable bonds is 7. The zero-order valence-corrected chi connectivity index (χ0v) is 12.4. The van der Waals surface area contributed by atoms with Crippen LogP contribution in [0.2, 0.25) is 0 Å². The van der Waals surface area contributed by atoms with Crippen LogP contribution >= 0.6 is 0 Å². The SMILES string of the molecule is CCC(=O)O[SiH](CNc1ccccc1)OC(=O)CC. The molecule has 0 fully saturated rings. The molecular weight excluding hydrogens is 262 g/mol. The van der Waals surface area contributed by atoms with Gasteiger partial charge in [-0.3, -0.25) is 9.59 Å². The molecule has 0 heterocycles. The highest BCUT2D eigenvalue weighted by atomic mass is 28.3. The maximum atomic E-state index is 11.3. The number of carbonyl (C=O) groups is 2. The van der Waals surface area contributed by atoms with Gasteiger partial charge in [-0.2, -0.15) is 0 Å². The minimum atomic E-state index is -2.36. The van der Waals surface area contributed by atoms with Crippen molar-refractivity contribution in [3.63, 3.8) is 0 Å². The summed E-state index contributed by atoms with van der Waals surface area (Å²) in [4.78, 5) is 22.6. The molecule has 0 radical (unpaired) electrons. The van der Waals surface area contributed by atoms with E-state index in [0.29, 0.717) is 6.17 Å². The lowest BCUT2D eigenvalue weighted by Crippen LogP contribution is -2.36. The number of nitrogens with one attached hydrogen (secondary N) is 1. The van der Waals surface area contributed by atoms with E-state index in [2.05, 4.69) is 5.32 Å². The molecule has 0 bridgehead atoms. The van der Waals surface area contributed by atoms with E-state index < -0.39 is 9.28 Å². The van der Waals surface area contributed by atoms with Gasteiger partial charge < -0.3 is 14.2 Å². The van der Waals surface area contributed by atoms with Crippen LogP contribution in [0.15, 0.2) is 30.3 Å². The summed E-state index contributed by atoms with van der Waals surface area (Å²) in [7, 11) is -2.36. The number of hydrogen-bond donors (Lipinski definition) is 1. The Bertz CT molecular complexity index is 392. The average Bonchev–Trinajstić information content (AvgIpc) is 2.45. The Labute approximate surface area is 114 Å². The minimum absolute atomic E-state index is 0.276. The van der Waals surface area contributed by atoms with E-state index in [4.69, 9.17) is 8.85 Å². The van der Waals surface area contributed by atoms with Crippen LogP contribution in [0, 0.1) is 0 Å². The molecule has 6 heteroatoms. The van der Waals surface area contributed by atoms with Gasteiger partial charge in [-0.25, -0.2) is 0 Å². The predicted octanol–water partition coefficient (Wildman–Crippen LogP) is 1.76. The summed E-state index contributed by atoms with van der Waals surface area (Å²) in [6, 6.07) is 9.50. The second kappa shape index (κ2) is 8.31. The van der Waals surface area contributed by atoms with Crippen molar-refractivity contribution in [3.05, 3.63) is 30.3 Å². The zero-order valence-electron chi connectivity index (χ0n) is 11.2. The standard InChI is InChI=1S/C13H19NO4Si/c1-3-12(15)17-19(18-13(16)4-2)10-14-11-8-6-5-7-9-11/h5-9,14,19H,3-4,10H2,1-2H3. The molecule has 0 unspecified atom stereocenters. The topological polar surface area (TPSA) is 64.6 Å². The molecule has 1 rings (SSSR count). The highest BCUT2D eigenvalue weighted by Gasteiger charge is 2.21. The van der Waals surface area contributed by atoms with E-state index in [1.54, 1.807) is 13.8 Å². The highest BCUT2D eigenvalue weighted by molar-refractivity contribution is 6.49. The molecule has 5 nitrogen and oxygen atoms in total. The van der Waals surface area contributed by atoms with Crippen LogP contribution in [0.25, 0.3) is 0 Å². The first-order valence-electron chi connectivity index (χ1n) is 6.33. The van der Waals surface area contributed by atoms with Crippen molar-refractivity contribution in [3.8, 4) is 0 Å². The van der Waals surface area contributed by atoms with Gasteiger partial charge in [-0.15, -0.1) is 0 Å². The van der Waals surface area contributed by atoms with Gasteiger partial charge in [0, 0.05) is 18.5 Å². The summed E-state index contributed by atoms with van der Waals surface area (Å²) in [6.45, 7) is 3.42. The van der Waals surface area contributed by atoms with Crippen molar-refractivity contribution >= 4 is 26.9 Å². The van der Waals surface area contributed by atoms with Crippen molar-refractivity contribution in [2.24, 2.45) is 0 Å². The Hall–Kier alpha value is -1.82. The molecule has 0 amide bonds. The van der Waals surface area contributed by atoms with E-state index >= 15 is 0 Å². The fourth-order valence-corrected chi connectivity index (χ4v) is 2.86. The van der Waals surface area contributed by atoms with Crippen molar-refractivity contribution < 1.29 is 18.4 Å². The Morgan fingerprint density at radius 2 is 1.58 bits per heavy atom. The van der Waals surface area contributed by atoms with Crippen molar-refractivity contribution in [1.29, 1.82) is 0 Å². The lowest BCUT2D eigenvalue weighted by molar-refractivity contribution is -0.139. The third kappa shape index (κ3) is 6.05. The van der Waals surface area contributed by atoms with Crippen LogP contribution in [0.4, 0.5) is 5.69 Å². The molecule has 19 heavy (non-hydrogen) atoms. The average molecular weight is 281 g/mol. The Morgan fingerprint density at radius 1 is 1.05 bits per heavy atom. The summed E-state index contributed by atoms with van der Waals surface area (Å²) < 4.78 is 10.4. The fraction of sp³-hybridized carbons (Fsp3) is 0.385. The maximum Gasteiger partial charge on any atom is 0.467 e. The third-order valence-electron chi connectivity index (χ3n) is 2.35. The van der Waals surface area contributed by atoms with Crippen molar-refractivity contribution in [2.75, 3.05) is 11.5 Å². The Morgan fingerprint density at radius 3 is 2.05 bits per heavy atom. The van der Waals surface area contributed by atoms with E-state index in [1.165, 1.54) is 0 Å². The molecule has 0 aliphatic rings. The molecule has 0 spiro atoms. The van der Waals surface area contributed by atoms with Crippen molar-refractivity contribution in [1.82, 2.24) is 0 Å². The second-order valence-corrected chi connectivity index (χ2v) is 5.60. The van der Waals surface area contributed by atoms with Gasteiger partial charge in [0.15, 0.2) is 0 Å². The zero-order chi connectivity index (χ0) is 14.1. The molecule has 0 aliphatic heterocycles. The van der Waals surface area contributed by atoms with Crippen LogP contribution in [0.1, 0.15) is 26.7 Å². The lowest BCUT2D eigenvalue weighted by atomic mass is 10.3. The fourth-order valence-electron chi connectivity index (χ4n) is 1.32. The number of benzene rings is 1. The summed E-state index contributed by atoms with van der Waals surface area (Å²) >= 11 is 0. The van der Waals surface area contributed by atoms with Gasteiger partial charge >= 0.3 is 9.28 Å². The Kier molecular flexibility index (Phi) is 6.66. The van der Waals surface area contributed by atoms with E-state index in [9.17, 15) is 9.59 Å². The summed E-state index contributed by atoms with van der Waals surface area (Å²) in [6.07, 6.45) is 0.915. The monoisotopic (exact) mass is 281 g/mol. The molecular formula is C13H19NO4Si. The Balaban J connectivity index is 2.53. The van der Waals surface area contributed by atoms with Crippen LogP contribution in [-0.4, -0.2) is 27.4 Å². The van der Waals surface area contributed by atoms with Gasteiger partial charge in [0.05, 0.1) is 6.17 Å². The first-order valence-corrected chi connectivity index (χ1v) is 8.09. The number of anilines is 1. The summed E-state index contributed by atoms with van der Waals surface area (Å²) in [5.41, 5.74) is 0.903. The molecule has 104 valence electrons. The van der Waals surface area contributed by atoms with Crippen LogP contribution in [0.3, 0.4) is 0 Å². The smallest absolute Gasteiger partial charge is 0.467 e. The molecule has 0 aromatic heterocycles. The lowest BCUT2D eigenvalue weighted by Gasteiger charge is -2.17. The summed E-state index contributed by atoms with van der Waals surface area (Å²) in [5.74, 6) is -0.675. The highest BCUT2D eigenvalue weighted by Crippen LogP contribution is 2.05. The van der Waals surface area contributed by atoms with Gasteiger partial charge in [-0.1, -0.05) is 32.0 Å². The number of carbonyl (C=O) groups excluding carboxylic acids is 2. The van der Waals surface area contributed by atoms with Gasteiger partial charge in [0.25, 0.3) is 11.9 Å². The molecule has 0 saturated carbocycles. The first kappa shape index (κ1) is 15.2. The molecule has 0 saturated heterocycles. The first-order chi connectivity index (χ1) is 9.15. The predicted molar refractivity (Wildman–Crippen MR) is 74.8 cm³/mol. The summed E-state index contributed by atoms with van der Waals surface area (Å²) in [5, 5.41) is 3.11. The molecule has 1 N–H and O–H groups in total. The van der Waals surface area contributed by atoms with Gasteiger partial charge in [0.1, 0.15) is 0 Å². The molecule has 1 aromatic rings. The quantitative estimate of drug-likeness (QED) is 0.772. The number of hydrogen-bond acceptors (Lipinski definition) is 5. The van der Waals surface area contributed by atoms with E-state index in [-0.39, 0.29) is 24.8 Å². The molecule has 0 atom stereocenters. The molecule has 0 aliphatic carbocycles. The second-order valence-electron chi connectivity index (χ2n) is 3.86. The van der Waals surface area contributed by atoms with Crippen LogP contribution < -0.4 is 5.32 Å². The van der Waals surface area contributed by atoms with Crippen LogP contribution in [-0.2, 0) is 18.4 Å². The van der Waals surface area contributed by atoms with Gasteiger partial charge in [0.2, 0.25) is 0 Å². The normalized spacial score (nSPS) is 10.1.